The van der Waals surface area contributed by atoms with Gasteiger partial charge in [-0.05, 0) is 29.5 Å². The zero-order valence-corrected chi connectivity index (χ0v) is 14.3. The van der Waals surface area contributed by atoms with Crippen LogP contribution in [0.3, 0.4) is 0 Å². The molecule has 0 amide bonds. The van der Waals surface area contributed by atoms with E-state index in [2.05, 4.69) is 48.1 Å². The molecule has 0 saturated heterocycles. The Morgan fingerprint density at radius 3 is 1.89 bits per heavy atom. The Kier molecular flexibility index (Phi) is 4.73. The molecule has 0 bridgehead atoms. The van der Waals surface area contributed by atoms with E-state index in [1.807, 2.05) is 0 Å². The summed E-state index contributed by atoms with van der Waals surface area (Å²) in [6, 6.07) is 0. The van der Waals surface area contributed by atoms with Gasteiger partial charge in [-0.1, -0.05) is 48.0 Å². The lowest BCUT2D eigenvalue weighted by Gasteiger charge is -2.49. The van der Waals surface area contributed by atoms with E-state index in [4.69, 9.17) is 4.43 Å². The SMILES string of the molecule is CC(C)(C)[Si](C)(OC[C@@H]1CCC[C@H]1O)C(C)(C)C. The normalized spacial score (nSPS) is 26.7. The van der Waals surface area contributed by atoms with Gasteiger partial charge in [0, 0.05) is 12.5 Å². The van der Waals surface area contributed by atoms with Crippen molar-refractivity contribution in [1.29, 1.82) is 0 Å². The molecule has 1 fully saturated rings. The molecule has 0 aliphatic heterocycles. The van der Waals surface area contributed by atoms with E-state index in [0.717, 1.165) is 25.9 Å². The van der Waals surface area contributed by atoms with Crippen molar-refractivity contribution in [1.82, 2.24) is 0 Å². The number of rotatable bonds is 3. The van der Waals surface area contributed by atoms with Crippen LogP contribution >= 0.6 is 0 Å². The van der Waals surface area contributed by atoms with Crippen LogP contribution in [-0.2, 0) is 4.43 Å². The molecule has 0 aromatic carbocycles. The summed E-state index contributed by atoms with van der Waals surface area (Å²) in [6.45, 7) is 16.9. The Bertz CT molecular complexity index is 261. The van der Waals surface area contributed by atoms with E-state index < -0.39 is 8.32 Å². The maximum atomic E-state index is 9.93. The highest BCUT2D eigenvalue weighted by atomic mass is 28.4. The van der Waals surface area contributed by atoms with Crippen molar-refractivity contribution in [2.45, 2.75) is 83.5 Å². The molecular formula is C15H32O2Si. The molecule has 0 spiro atoms. The molecule has 1 rings (SSSR count). The molecule has 1 aliphatic rings. The minimum atomic E-state index is -1.86. The highest BCUT2D eigenvalue weighted by Crippen LogP contribution is 2.51. The second-order valence-electron chi connectivity index (χ2n) is 8.10. The molecule has 2 nitrogen and oxygen atoms in total. The van der Waals surface area contributed by atoms with Crippen LogP contribution in [0.1, 0.15) is 60.8 Å². The van der Waals surface area contributed by atoms with Gasteiger partial charge in [0.1, 0.15) is 0 Å². The fourth-order valence-electron chi connectivity index (χ4n) is 3.04. The first-order chi connectivity index (χ1) is 7.99. The van der Waals surface area contributed by atoms with Gasteiger partial charge in [0.25, 0.3) is 0 Å². The van der Waals surface area contributed by atoms with Crippen molar-refractivity contribution in [2.24, 2.45) is 5.92 Å². The topological polar surface area (TPSA) is 29.5 Å². The van der Waals surface area contributed by atoms with Crippen LogP contribution in [0.25, 0.3) is 0 Å². The van der Waals surface area contributed by atoms with Gasteiger partial charge >= 0.3 is 0 Å². The van der Waals surface area contributed by atoms with E-state index in [1.54, 1.807) is 0 Å². The molecule has 108 valence electrons. The molecule has 0 aromatic heterocycles. The zero-order valence-electron chi connectivity index (χ0n) is 13.3. The van der Waals surface area contributed by atoms with Crippen LogP contribution in [0.2, 0.25) is 16.6 Å². The van der Waals surface area contributed by atoms with Gasteiger partial charge < -0.3 is 9.53 Å². The molecular weight excluding hydrogens is 240 g/mol. The first-order valence-corrected chi connectivity index (χ1v) is 9.72. The molecule has 1 N–H and O–H groups in total. The maximum Gasteiger partial charge on any atom is 0.200 e. The largest absolute Gasteiger partial charge is 0.416 e. The Hall–Kier alpha value is 0.137. The monoisotopic (exact) mass is 272 g/mol. The predicted octanol–water partition coefficient (Wildman–Crippen LogP) is 4.34. The minimum Gasteiger partial charge on any atom is -0.416 e. The first-order valence-electron chi connectivity index (χ1n) is 7.31. The lowest BCUT2D eigenvalue weighted by atomic mass is 10.1. The molecule has 2 atom stereocenters. The fourth-order valence-corrected chi connectivity index (χ4v) is 6.71. The van der Waals surface area contributed by atoms with Gasteiger partial charge in [0.15, 0.2) is 8.32 Å². The third-order valence-electron chi connectivity index (χ3n) is 5.07. The molecule has 3 heteroatoms. The summed E-state index contributed by atoms with van der Waals surface area (Å²) in [7, 11) is -1.86. The average Bonchev–Trinajstić information content (AvgIpc) is 2.57. The van der Waals surface area contributed by atoms with Gasteiger partial charge in [-0.15, -0.1) is 0 Å². The highest BCUT2D eigenvalue weighted by molar-refractivity contribution is 6.78. The van der Waals surface area contributed by atoms with Crippen molar-refractivity contribution in [2.75, 3.05) is 6.61 Å². The number of aliphatic hydroxyl groups is 1. The van der Waals surface area contributed by atoms with E-state index in [-0.39, 0.29) is 16.2 Å². The molecule has 0 aromatic rings. The van der Waals surface area contributed by atoms with Gasteiger partial charge in [-0.2, -0.15) is 0 Å². The highest BCUT2D eigenvalue weighted by Gasteiger charge is 2.51. The second kappa shape index (κ2) is 5.26. The predicted molar refractivity (Wildman–Crippen MR) is 80.3 cm³/mol. The van der Waals surface area contributed by atoms with Gasteiger partial charge in [-0.25, -0.2) is 0 Å². The maximum absolute atomic E-state index is 9.93. The smallest absolute Gasteiger partial charge is 0.200 e. The standard InChI is InChI=1S/C15H32O2Si/c1-14(2,3)18(7,15(4,5)6)17-11-12-9-8-10-13(12)16/h12-13,16H,8-11H2,1-7H3/t12-,13+/m0/s1. The first kappa shape index (κ1) is 16.2. The van der Waals surface area contributed by atoms with E-state index in [0.29, 0.717) is 5.92 Å². The second-order valence-corrected chi connectivity index (χ2v) is 13.5. The quantitative estimate of drug-likeness (QED) is 0.774. The van der Waals surface area contributed by atoms with Crippen LogP contribution < -0.4 is 0 Å². The third kappa shape index (κ3) is 3.17. The van der Waals surface area contributed by atoms with Crippen LogP contribution in [0.5, 0.6) is 0 Å². The molecule has 18 heavy (non-hydrogen) atoms. The van der Waals surface area contributed by atoms with E-state index >= 15 is 0 Å². The molecule has 0 unspecified atom stereocenters. The number of hydrogen-bond acceptors (Lipinski definition) is 2. The number of aliphatic hydroxyl groups excluding tert-OH is 1. The van der Waals surface area contributed by atoms with Crippen molar-refractivity contribution in [3.63, 3.8) is 0 Å². The Labute approximate surface area is 114 Å². The van der Waals surface area contributed by atoms with E-state index in [1.165, 1.54) is 0 Å². The lowest BCUT2D eigenvalue weighted by molar-refractivity contribution is 0.0906. The van der Waals surface area contributed by atoms with Crippen LogP contribution in [-0.4, -0.2) is 26.1 Å². The van der Waals surface area contributed by atoms with Crippen molar-refractivity contribution >= 4 is 8.32 Å². The lowest BCUT2D eigenvalue weighted by Crippen LogP contribution is -2.52. The van der Waals surface area contributed by atoms with Crippen LogP contribution in [0, 0.1) is 5.92 Å². The van der Waals surface area contributed by atoms with Crippen molar-refractivity contribution < 1.29 is 9.53 Å². The molecule has 1 aliphatic carbocycles. The third-order valence-corrected chi connectivity index (χ3v) is 11.5. The summed E-state index contributed by atoms with van der Waals surface area (Å²) in [4.78, 5) is 0. The summed E-state index contributed by atoms with van der Waals surface area (Å²) < 4.78 is 6.49. The van der Waals surface area contributed by atoms with Crippen molar-refractivity contribution in [3.05, 3.63) is 0 Å². The zero-order chi connectivity index (χ0) is 14.2. The molecule has 0 radical (unpaired) electrons. The van der Waals surface area contributed by atoms with Gasteiger partial charge in [0.05, 0.1) is 6.10 Å². The Balaban J connectivity index is 2.75. The summed E-state index contributed by atoms with van der Waals surface area (Å²) in [5, 5.41) is 10.4. The fraction of sp³-hybridized carbons (Fsp3) is 1.00. The Morgan fingerprint density at radius 1 is 1.06 bits per heavy atom. The van der Waals surface area contributed by atoms with Gasteiger partial charge in [0.2, 0.25) is 0 Å². The Morgan fingerprint density at radius 2 is 1.56 bits per heavy atom. The summed E-state index contributed by atoms with van der Waals surface area (Å²) in [5.41, 5.74) is 0. The number of hydrogen-bond donors (Lipinski definition) is 1. The minimum absolute atomic E-state index is 0.136. The summed E-state index contributed by atoms with van der Waals surface area (Å²) >= 11 is 0. The van der Waals surface area contributed by atoms with Crippen LogP contribution in [0.4, 0.5) is 0 Å². The van der Waals surface area contributed by atoms with E-state index in [9.17, 15) is 5.11 Å². The van der Waals surface area contributed by atoms with Crippen LogP contribution in [0.15, 0.2) is 0 Å². The van der Waals surface area contributed by atoms with Crippen molar-refractivity contribution in [3.8, 4) is 0 Å². The average molecular weight is 273 g/mol. The summed E-state index contributed by atoms with van der Waals surface area (Å²) in [6.07, 6.45) is 3.10. The molecule has 0 heterocycles. The molecule has 1 saturated carbocycles. The van der Waals surface area contributed by atoms with Gasteiger partial charge in [-0.3, -0.25) is 0 Å². The summed E-state index contributed by atoms with van der Waals surface area (Å²) in [5.74, 6) is 0.363.